The van der Waals surface area contributed by atoms with Gasteiger partial charge in [-0.05, 0) is 14.0 Å². The van der Waals surface area contributed by atoms with Crippen molar-refractivity contribution in [2.24, 2.45) is 5.92 Å². The fraction of sp³-hybridized carbons (Fsp3) is 0.600. The molecule has 0 spiro atoms. The molecule has 0 bridgehead atoms. The van der Waals surface area contributed by atoms with Crippen LogP contribution in [-0.2, 0) is 9.59 Å². The maximum atomic E-state index is 11.5. The second kappa shape index (κ2) is 3.20. The number of hydrogen-bond acceptors (Lipinski definition) is 3. The summed E-state index contributed by atoms with van der Waals surface area (Å²) in [4.78, 5) is 26.4. The molecule has 2 aliphatic rings. The van der Waals surface area contributed by atoms with Crippen molar-refractivity contribution in [1.29, 1.82) is 0 Å². The summed E-state index contributed by atoms with van der Waals surface area (Å²) in [6.07, 6.45) is 1.42. The first kappa shape index (κ1) is 9.40. The van der Waals surface area contributed by atoms with E-state index in [0.29, 0.717) is 18.0 Å². The van der Waals surface area contributed by atoms with Crippen LogP contribution in [0.2, 0.25) is 0 Å². The van der Waals surface area contributed by atoms with Gasteiger partial charge in [0.1, 0.15) is 0 Å². The van der Waals surface area contributed by atoms with E-state index < -0.39 is 0 Å². The van der Waals surface area contributed by atoms with Crippen molar-refractivity contribution >= 4 is 11.8 Å². The van der Waals surface area contributed by atoms with E-state index in [1.165, 1.54) is 11.0 Å². The van der Waals surface area contributed by atoms with Crippen molar-refractivity contribution in [2.75, 3.05) is 26.7 Å². The van der Waals surface area contributed by atoms with E-state index in [1.807, 2.05) is 7.05 Å². The zero-order valence-corrected chi connectivity index (χ0v) is 8.49. The molecule has 2 aliphatic heterocycles. The Labute approximate surface area is 83.2 Å². The van der Waals surface area contributed by atoms with Gasteiger partial charge in [0, 0.05) is 37.2 Å². The molecule has 0 aromatic carbocycles. The first-order valence-electron chi connectivity index (χ1n) is 4.80. The van der Waals surface area contributed by atoms with Gasteiger partial charge in [0.15, 0.2) is 0 Å². The third kappa shape index (κ3) is 1.46. The predicted octanol–water partition coefficient (Wildman–Crippen LogP) is -0.137. The molecule has 0 unspecified atom stereocenters. The van der Waals surface area contributed by atoms with Crippen LogP contribution in [-0.4, -0.2) is 48.3 Å². The summed E-state index contributed by atoms with van der Waals surface area (Å²) >= 11 is 0. The van der Waals surface area contributed by atoms with Crippen molar-refractivity contribution in [3.8, 4) is 0 Å². The lowest BCUT2D eigenvalue weighted by atomic mass is 10.0. The molecule has 0 aromatic heterocycles. The Morgan fingerprint density at radius 3 is 2.50 bits per heavy atom. The van der Waals surface area contributed by atoms with E-state index in [2.05, 4.69) is 4.90 Å². The van der Waals surface area contributed by atoms with Crippen LogP contribution in [0.1, 0.15) is 6.92 Å². The molecule has 14 heavy (non-hydrogen) atoms. The Morgan fingerprint density at radius 2 is 2.07 bits per heavy atom. The van der Waals surface area contributed by atoms with Gasteiger partial charge in [-0.3, -0.25) is 14.5 Å². The number of hydrogen-bond donors (Lipinski definition) is 0. The monoisotopic (exact) mass is 194 g/mol. The largest absolute Gasteiger partial charge is 0.306 e. The quantitative estimate of drug-likeness (QED) is 0.575. The number of imide groups is 1. The lowest BCUT2D eigenvalue weighted by molar-refractivity contribution is -0.138. The zero-order valence-electron chi connectivity index (χ0n) is 8.49. The highest BCUT2D eigenvalue weighted by Gasteiger charge is 2.33. The van der Waals surface area contributed by atoms with E-state index in [1.54, 1.807) is 6.92 Å². The van der Waals surface area contributed by atoms with Gasteiger partial charge >= 0.3 is 0 Å². The van der Waals surface area contributed by atoms with Crippen molar-refractivity contribution in [2.45, 2.75) is 6.92 Å². The van der Waals surface area contributed by atoms with Gasteiger partial charge in [-0.25, -0.2) is 0 Å². The summed E-state index contributed by atoms with van der Waals surface area (Å²) in [5.41, 5.74) is 0.558. The predicted molar refractivity (Wildman–Crippen MR) is 51.5 cm³/mol. The molecule has 1 fully saturated rings. The normalized spacial score (nSPS) is 24.1. The van der Waals surface area contributed by atoms with Crippen LogP contribution in [0.4, 0.5) is 0 Å². The number of carbonyl (C=O) groups is 2. The number of rotatable bonds is 2. The molecule has 0 aliphatic carbocycles. The van der Waals surface area contributed by atoms with Crippen molar-refractivity contribution in [3.63, 3.8) is 0 Å². The van der Waals surface area contributed by atoms with Gasteiger partial charge in [-0.15, -0.1) is 0 Å². The fourth-order valence-electron chi connectivity index (χ4n) is 2.01. The zero-order chi connectivity index (χ0) is 10.3. The van der Waals surface area contributed by atoms with Crippen LogP contribution < -0.4 is 0 Å². The SMILES string of the molecule is CC1=CC(=O)N(CC2CN(C)C2)C1=O. The summed E-state index contributed by atoms with van der Waals surface area (Å²) in [7, 11) is 2.04. The Kier molecular flexibility index (Phi) is 2.15. The van der Waals surface area contributed by atoms with E-state index in [9.17, 15) is 9.59 Å². The van der Waals surface area contributed by atoms with E-state index in [0.717, 1.165) is 13.1 Å². The summed E-state index contributed by atoms with van der Waals surface area (Å²) < 4.78 is 0. The molecule has 76 valence electrons. The lowest BCUT2D eigenvalue weighted by Crippen LogP contribution is -2.50. The maximum Gasteiger partial charge on any atom is 0.256 e. The highest BCUT2D eigenvalue weighted by atomic mass is 16.2. The molecule has 4 heteroatoms. The summed E-state index contributed by atoms with van der Waals surface area (Å²) in [6, 6.07) is 0. The summed E-state index contributed by atoms with van der Waals surface area (Å²) in [6.45, 7) is 4.23. The van der Waals surface area contributed by atoms with Crippen LogP contribution in [0.3, 0.4) is 0 Å². The van der Waals surface area contributed by atoms with Gasteiger partial charge in [0.25, 0.3) is 11.8 Å². The topological polar surface area (TPSA) is 40.6 Å². The Bertz CT molecular complexity index is 316. The van der Waals surface area contributed by atoms with Crippen molar-refractivity contribution in [3.05, 3.63) is 11.6 Å². The minimum atomic E-state index is -0.151. The van der Waals surface area contributed by atoms with Gasteiger partial charge < -0.3 is 4.90 Å². The van der Waals surface area contributed by atoms with E-state index in [4.69, 9.17) is 0 Å². The fourth-order valence-corrected chi connectivity index (χ4v) is 2.01. The first-order valence-corrected chi connectivity index (χ1v) is 4.80. The Morgan fingerprint density at radius 1 is 1.43 bits per heavy atom. The van der Waals surface area contributed by atoms with E-state index >= 15 is 0 Å². The third-order valence-electron chi connectivity index (χ3n) is 2.77. The van der Waals surface area contributed by atoms with Crippen molar-refractivity contribution < 1.29 is 9.59 Å². The molecular weight excluding hydrogens is 180 g/mol. The Hall–Kier alpha value is -1.16. The third-order valence-corrected chi connectivity index (χ3v) is 2.77. The molecule has 0 saturated carbocycles. The second-order valence-electron chi connectivity index (χ2n) is 4.17. The van der Waals surface area contributed by atoms with Crippen LogP contribution in [0.5, 0.6) is 0 Å². The molecule has 2 heterocycles. The first-order chi connectivity index (χ1) is 6.58. The molecule has 2 amide bonds. The second-order valence-corrected chi connectivity index (χ2v) is 4.17. The summed E-state index contributed by atoms with van der Waals surface area (Å²) in [5, 5.41) is 0. The Balaban J connectivity index is 1.94. The van der Waals surface area contributed by atoms with Crippen LogP contribution in [0, 0.1) is 5.92 Å². The standard InChI is InChI=1S/C10H14N2O2/c1-7-3-9(13)12(10(7)14)6-8-4-11(2)5-8/h3,8H,4-6H2,1-2H3. The molecule has 0 atom stereocenters. The van der Waals surface area contributed by atoms with Crippen molar-refractivity contribution in [1.82, 2.24) is 9.80 Å². The number of nitrogens with zero attached hydrogens (tertiary/aromatic N) is 2. The van der Waals surface area contributed by atoms with Gasteiger partial charge in [0.2, 0.25) is 0 Å². The number of carbonyl (C=O) groups excluding carboxylic acids is 2. The van der Waals surface area contributed by atoms with Crippen LogP contribution in [0.15, 0.2) is 11.6 Å². The molecule has 0 aromatic rings. The molecule has 4 nitrogen and oxygen atoms in total. The van der Waals surface area contributed by atoms with Crippen LogP contribution >= 0.6 is 0 Å². The highest BCUT2D eigenvalue weighted by molar-refractivity contribution is 6.15. The molecule has 0 N–H and O–H groups in total. The smallest absolute Gasteiger partial charge is 0.256 e. The van der Waals surface area contributed by atoms with Gasteiger partial charge in [-0.1, -0.05) is 0 Å². The summed E-state index contributed by atoms with van der Waals surface area (Å²) in [5.74, 6) is 0.193. The lowest BCUT2D eigenvalue weighted by Gasteiger charge is -2.37. The molecule has 2 rings (SSSR count). The highest BCUT2D eigenvalue weighted by Crippen LogP contribution is 2.19. The van der Waals surface area contributed by atoms with Gasteiger partial charge in [-0.2, -0.15) is 0 Å². The average molecular weight is 194 g/mol. The molecular formula is C10H14N2O2. The maximum absolute atomic E-state index is 11.5. The molecule has 1 saturated heterocycles. The molecule has 0 radical (unpaired) electrons. The van der Waals surface area contributed by atoms with Crippen LogP contribution in [0.25, 0.3) is 0 Å². The van der Waals surface area contributed by atoms with E-state index in [-0.39, 0.29) is 11.8 Å². The number of amides is 2. The number of likely N-dealkylation sites (tertiary alicyclic amines) is 1. The minimum absolute atomic E-state index is 0.121. The van der Waals surface area contributed by atoms with Gasteiger partial charge in [0.05, 0.1) is 0 Å². The minimum Gasteiger partial charge on any atom is -0.306 e. The average Bonchev–Trinajstić information content (AvgIpc) is 2.29.